The van der Waals surface area contributed by atoms with Crippen LogP contribution >= 0.6 is 0 Å². The second-order valence-corrected chi connectivity index (χ2v) is 7.38. The van der Waals surface area contributed by atoms with Gasteiger partial charge in [-0.05, 0) is 42.0 Å². The van der Waals surface area contributed by atoms with E-state index in [1.165, 1.54) is 7.11 Å². The molecule has 9 heteroatoms. The number of nitrogens with one attached hydrogen (secondary N) is 1. The number of rotatable bonds is 4. The van der Waals surface area contributed by atoms with Gasteiger partial charge in [0.1, 0.15) is 17.4 Å². The minimum absolute atomic E-state index is 0.0258. The van der Waals surface area contributed by atoms with Crippen molar-refractivity contribution in [3.63, 3.8) is 0 Å². The normalized spacial score (nSPS) is 13.1. The number of fused-ring (bicyclic) bond motifs is 1. The summed E-state index contributed by atoms with van der Waals surface area (Å²) in [5.74, 6) is -1.17. The Balaban J connectivity index is 1.63. The van der Waals surface area contributed by atoms with Crippen molar-refractivity contribution in [1.82, 2.24) is 15.0 Å². The number of aliphatic imine (C=N–C) groups is 1. The van der Waals surface area contributed by atoms with Crippen LogP contribution in [-0.4, -0.2) is 33.7 Å². The zero-order chi connectivity index (χ0) is 22.9. The molecule has 33 heavy (non-hydrogen) atoms. The second-order valence-electron chi connectivity index (χ2n) is 7.38. The molecular weight excluding hydrogens is 428 g/mol. The van der Waals surface area contributed by atoms with E-state index in [9.17, 15) is 13.6 Å². The fourth-order valence-electron chi connectivity index (χ4n) is 3.72. The lowest BCUT2D eigenvalue weighted by atomic mass is 10.0. The summed E-state index contributed by atoms with van der Waals surface area (Å²) < 4.78 is 35.3. The largest absolute Gasteiger partial charge is 0.496 e. The predicted octanol–water partition coefficient (Wildman–Crippen LogP) is 4.68. The topological polar surface area (TPSA) is 81.4 Å². The van der Waals surface area contributed by atoms with Crippen LogP contribution in [0.4, 0.5) is 20.2 Å². The summed E-state index contributed by atoms with van der Waals surface area (Å²) >= 11 is 0. The Kier molecular flexibility index (Phi) is 5.14. The van der Waals surface area contributed by atoms with Gasteiger partial charge in [0, 0.05) is 17.2 Å². The number of halogens is 2. The maximum absolute atomic E-state index is 14.4. The monoisotopic (exact) mass is 445 g/mol. The van der Waals surface area contributed by atoms with Crippen LogP contribution in [0.3, 0.4) is 0 Å². The zero-order valence-electron chi connectivity index (χ0n) is 17.4. The van der Waals surface area contributed by atoms with Crippen LogP contribution in [0, 0.1) is 11.6 Å². The number of nitrogens with zero attached hydrogens (tertiary/aromatic N) is 4. The Hall–Kier alpha value is -4.40. The third kappa shape index (κ3) is 3.96. The van der Waals surface area contributed by atoms with Gasteiger partial charge >= 0.3 is 0 Å². The van der Waals surface area contributed by atoms with Crippen molar-refractivity contribution in [3.05, 3.63) is 84.2 Å². The van der Waals surface area contributed by atoms with Crippen molar-refractivity contribution >= 4 is 23.0 Å². The Morgan fingerprint density at radius 2 is 1.94 bits per heavy atom. The van der Waals surface area contributed by atoms with Crippen molar-refractivity contribution in [2.75, 3.05) is 12.4 Å². The van der Waals surface area contributed by atoms with E-state index >= 15 is 0 Å². The number of aromatic nitrogens is 3. The van der Waals surface area contributed by atoms with Gasteiger partial charge in [-0.2, -0.15) is 0 Å². The first-order valence-electron chi connectivity index (χ1n) is 10.0. The highest BCUT2D eigenvalue weighted by Crippen LogP contribution is 2.41. The molecule has 0 fully saturated rings. The number of hydrogen-bond donors (Lipinski definition) is 1. The van der Waals surface area contributed by atoms with Crippen LogP contribution in [0.15, 0.2) is 72.0 Å². The molecule has 0 radical (unpaired) electrons. The number of ether oxygens (including phenoxy) is 1. The summed E-state index contributed by atoms with van der Waals surface area (Å²) in [7, 11) is 1.43. The third-order valence-corrected chi connectivity index (χ3v) is 5.26. The first kappa shape index (κ1) is 20.5. The molecule has 0 saturated heterocycles. The summed E-state index contributed by atoms with van der Waals surface area (Å²) in [5, 5.41) is 10.6. The maximum atomic E-state index is 14.4. The van der Waals surface area contributed by atoms with Gasteiger partial charge in [-0.3, -0.25) is 4.79 Å². The van der Waals surface area contributed by atoms with Crippen molar-refractivity contribution < 1.29 is 18.3 Å². The summed E-state index contributed by atoms with van der Waals surface area (Å²) in [6.07, 6.45) is 3.32. The van der Waals surface area contributed by atoms with Gasteiger partial charge in [-0.15, -0.1) is 5.10 Å². The molecule has 0 bridgehead atoms. The van der Waals surface area contributed by atoms with Gasteiger partial charge in [-0.25, -0.2) is 18.5 Å². The summed E-state index contributed by atoms with van der Waals surface area (Å²) in [4.78, 5) is 17.4. The molecule has 1 N–H and O–H groups in total. The molecule has 0 unspecified atom stereocenters. The van der Waals surface area contributed by atoms with E-state index in [1.807, 2.05) is 24.3 Å². The van der Waals surface area contributed by atoms with Crippen molar-refractivity contribution in [3.8, 4) is 22.6 Å². The van der Waals surface area contributed by atoms with Crippen molar-refractivity contribution in [1.29, 1.82) is 0 Å². The molecule has 2 heterocycles. The fraction of sp³-hybridized carbons (Fsp3) is 0.0833. The number of anilines is 1. The molecule has 0 atom stereocenters. The third-order valence-electron chi connectivity index (χ3n) is 5.26. The van der Waals surface area contributed by atoms with Gasteiger partial charge in [-0.1, -0.05) is 17.3 Å². The fourth-order valence-corrected chi connectivity index (χ4v) is 3.72. The lowest BCUT2D eigenvalue weighted by molar-refractivity contribution is -0.115. The standard InChI is InChI=1S/C24H17F2N5O2/c1-33-23-12-22-21(11-18(23)17-10-15(25)5-6-19(17)26)29-24(32)13-20(28-22)14-3-2-4-16(9-14)31-8-7-27-30-31/h2-12H,13H2,1H3,(H,29,32). The molecule has 1 amide bonds. The molecule has 3 aromatic carbocycles. The van der Waals surface area contributed by atoms with E-state index in [0.29, 0.717) is 28.4 Å². The Labute approximate surface area is 187 Å². The van der Waals surface area contributed by atoms with E-state index in [4.69, 9.17) is 9.73 Å². The summed E-state index contributed by atoms with van der Waals surface area (Å²) in [6.45, 7) is 0. The minimum Gasteiger partial charge on any atom is -0.496 e. The quantitative estimate of drug-likeness (QED) is 0.494. The van der Waals surface area contributed by atoms with Gasteiger partial charge in [0.15, 0.2) is 0 Å². The molecule has 0 saturated carbocycles. The van der Waals surface area contributed by atoms with Crippen LogP contribution in [0.25, 0.3) is 16.8 Å². The van der Waals surface area contributed by atoms with E-state index < -0.39 is 11.6 Å². The van der Waals surface area contributed by atoms with Crippen molar-refractivity contribution in [2.45, 2.75) is 6.42 Å². The zero-order valence-corrected chi connectivity index (χ0v) is 17.4. The van der Waals surface area contributed by atoms with E-state index in [-0.39, 0.29) is 17.9 Å². The second kappa shape index (κ2) is 8.27. The molecule has 1 aliphatic rings. The Morgan fingerprint density at radius 3 is 2.73 bits per heavy atom. The Bertz CT molecular complexity index is 1400. The van der Waals surface area contributed by atoms with E-state index in [1.54, 1.807) is 29.2 Å². The number of hydrogen-bond acceptors (Lipinski definition) is 5. The Morgan fingerprint density at radius 1 is 1.06 bits per heavy atom. The maximum Gasteiger partial charge on any atom is 0.230 e. The molecule has 5 rings (SSSR count). The molecule has 164 valence electrons. The molecule has 0 spiro atoms. The molecule has 1 aliphatic heterocycles. The van der Waals surface area contributed by atoms with Crippen LogP contribution in [0.2, 0.25) is 0 Å². The number of amides is 1. The molecule has 0 aliphatic carbocycles. The number of methoxy groups -OCH3 is 1. The molecule has 7 nitrogen and oxygen atoms in total. The lowest BCUT2D eigenvalue weighted by Crippen LogP contribution is -2.15. The smallest absolute Gasteiger partial charge is 0.230 e. The average Bonchev–Trinajstić information content (AvgIpc) is 3.30. The number of carbonyl (C=O) groups excluding carboxylic acids is 1. The number of benzene rings is 3. The summed E-state index contributed by atoms with van der Waals surface area (Å²) in [6, 6.07) is 13.7. The van der Waals surface area contributed by atoms with Crippen LogP contribution in [0.5, 0.6) is 5.75 Å². The van der Waals surface area contributed by atoms with E-state index in [0.717, 1.165) is 29.4 Å². The van der Waals surface area contributed by atoms with Crippen LogP contribution < -0.4 is 10.1 Å². The highest BCUT2D eigenvalue weighted by atomic mass is 19.1. The van der Waals surface area contributed by atoms with Gasteiger partial charge < -0.3 is 10.1 Å². The van der Waals surface area contributed by atoms with Gasteiger partial charge in [0.25, 0.3) is 0 Å². The minimum atomic E-state index is -0.608. The van der Waals surface area contributed by atoms with Gasteiger partial charge in [0.2, 0.25) is 5.91 Å². The first-order valence-corrected chi connectivity index (χ1v) is 10.0. The van der Waals surface area contributed by atoms with Crippen LogP contribution in [0.1, 0.15) is 12.0 Å². The molecule has 4 aromatic rings. The molecular formula is C24H17F2N5O2. The summed E-state index contributed by atoms with van der Waals surface area (Å²) in [5.41, 5.74) is 3.21. The van der Waals surface area contributed by atoms with Crippen LogP contribution in [-0.2, 0) is 4.79 Å². The average molecular weight is 445 g/mol. The van der Waals surface area contributed by atoms with Crippen molar-refractivity contribution in [2.24, 2.45) is 4.99 Å². The van der Waals surface area contributed by atoms with E-state index in [2.05, 4.69) is 15.6 Å². The first-order chi connectivity index (χ1) is 16.0. The predicted molar refractivity (Wildman–Crippen MR) is 119 cm³/mol. The highest BCUT2D eigenvalue weighted by molar-refractivity contribution is 6.17. The number of carbonyl (C=O) groups is 1. The SMILES string of the molecule is COc1cc2c(cc1-c1cc(F)ccc1F)NC(=O)CC(c1cccc(-n3ccnn3)c1)=N2. The lowest BCUT2D eigenvalue weighted by Gasteiger charge is -2.14. The molecule has 1 aromatic heterocycles. The highest BCUT2D eigenvalue weighted by Gasteiger charge is 2.22. The van der Waals surface area contributed by atoms with Gasteiger partial charge in [0.05, 0.1) is 48.7 Å².